The van der Waals surface area contributed by atoms with Crippen LogP contribution in [0.2, 0.25) is 0 Å². The van der Waals surface area contributed by atoms with E-state index in [9.17, 15) is 9.59 Å². The van der Waals surface area contributed by atoms with Crippen molar-refractivity contribution in [3.8, 4) is 0 Å². The summed E-state index contributed by atoms with van der Waals surface area (Å²) in [6, 6.07) is 4.66. The van der Waals surface area contributed by atoms with Gasteiger partial charge in [-0.15, -0.1) is 0 Å². The molecule has 1 unspecified atom stereocenters. The quantitative estimate of drug-likeness (QED) is 0.851. The molecule has 0 saturated carbocycles. The van der Waals surface area contributed by atoms with E-state index in [1.165, 1.54) is 0 Å². The van der Waals surface area contributed by atoms with Gasteiger partial charge in [0.1, 0.15) is 11.4 Å². The minimum atomic E-state index is -0.480. The lowest BCUT2D eigenvalue weighted by atomic mass is 9.97. The Balaban J connectivity index is 1.64. The topological polar surface area (TPSA) is 71.5 Å². The molecule has 6 heteroatoms. The summed E-state index contributed by atoms with van der Waals surface area (Å²) in [5.74, 6) is 0.954. The van der Waals surface area contributed by atoms with Gasteiger partial charge < -0.3 is 15.0 Å². The van der Waals surface area contributed by atoms with Crippen LogP contribution < -0.4 is 10.2 Å². The van der Waals surface area contributed by atoms with Crippen LogP contribution in [0.4, 0.5) is 10.6 Å². The minimum Gasteiger partial charge on any atom is -0.444 e. The lowest BCUT2D eigenvalue weighted by Gasteiger charge is -2.40. The molecule has 0 spiro atoms. The number of nitrogens with zero attached hydrogens (tertiary/aromatic N) is 2. The summed E-state index contributed by atoms with van der Waals surface area (Å²) in [6.07, 6.45) is 5.31. The maximum absolute atomic E-state index is 12.0. The highest BCUT2D eigenvalue weighted by atomic mass is 16.6. The van der Waals surface area contributed by atoms with Crippen LogP contribution in [-0.2, 0) is 4.74 Å². The summed E-state index contributed by atoms with van der Waals surface area (Å²) in [5, 5.41) is 3.02. The Bertz CT molecular complexity index is 637. The predicted molar refractivity (Wildman–Crippen MR) is 95.9 cm³/mol. The average molecular weight is 345 g/mol. The predicted octanol–water partition coefficient (Wildman–Crippen LogP) is 3.31. The van der Waals surface area contributed by atoms with Gasteiger partial charge in [-0.25, -0.2) is 9.78 Å². The Morgan fingerprint density at radius 2 is 1.84 bits per heavy atom. The number of pyridine rings is 1. The highest BCUT2D eigenvalue weighted by molar-refractivity contribution is 5.93. The van der Waals surface area contributed by atoms with E-state index in [1.807, 2.05) is 32.9 Å². The van der Waals surface area contributed by atoms with Crippen molar-refractivity contribution in [1.82, 2.24) is 10.3 Å². The molecule has 3 rings (SSSR count). The van der Waals surface area contributed by atoms with Crippen LogP contribution in [0.25, 0.3) is 0 Å². The first-order valence-electron chi connectivity index (χ1n) is 8.98. The van der Waals surface area contributed by atoms with E-state index in [4.69, 9.17) is 4.74 Å². The van der Waals surface area contributed by atoms with Crippen molar-refractivity contribution in [2.45, 2.75) is 77.1 Å². The standard InChI is InChI=1S/C19H27N3O3/c1-12(23)13-5-8-17(20-11-13)22-15-6-7-16(22)10-14(9-15)21-18(24)25-19(2,3)4/h5,8,11,14-16H,6-7,9-10H2,1-4H3,(H,21,24)/t14?,15-,16+. The van der Waals surface area contributed by atoms with Gasteiger partial charge >= 0.3 is 6.09 Å². The van der Waals surface area contributed by atoms with E-state index < -0.39 is 5.60 Å². The second kappa shape index (κ2) is 6.65. The SMILES string of the molecule is CC(=O)c1ccc(N2[C@@H]3CC[C@H]2CC(NC(=O)OC(C)(C)C)C3)nc1. The monoisotopic (exact) mass is 345 g/mol. The maximum Gasteiger partial charge on any atom is 0.407 e. The molecule has 0 radical (unpaired) electrons. The van der Waals surface area contributed by atoms with Crippen molar-refractivity contribution in [3.05, 3.63) is 23.9 Å². The Morgan fingerprint density at radius 1 is 1.20 bits per heavy atom. The third kappa shape index (κ3) is 4.11. The van der Waals surface area contributed by atoms with E-state index in [0.29, 0.717) is 17.6 Å². The molecule has 2 aliphatic heterocycles. The van der Waals surface area contributed by atoms with Crippen LogP contribution in [0, 0.1) is 0 Å². The number of hydrogen-bond acceptors (Lipinski definition) is 5. The highest BCUT2D eigenvalue weighted by Crippen LogP contribution is 2.38. The van der Waals surface area contributed by atoms with Crippen LogP contribution in [0.15, 0.2) is 18.3 Å². The molecule has 3 atom stereocenters. The number of amides is 1. The molecule has 136 valence electrons. The number of piperidine rings is 1. The summed E-state index contributed by atoms with van der Waals surface area (Å²) in [4.78, 5) is 30.3. The van der Waals surface area contributed by atoms with E-state index >= 15 is 0 Å². The minimum absolute atomic E-state index is 0.0299. The molecule has 2 fully saturated rings. The fourth-order valence-corrected chi connectivity index (χ4v) is 3.89. The summed E-state index contributed by atoms with van der Waals surface area (Å²) in [7, 11) is 0. The molecule has 2 bridgehead atoms. The number of rotatable bonds is 3. The van der Waals surface area contributed by atoms with E-state index in [1.54, 1.807) is 13.1 Å². The van der Waals surface area contributed by atoms with Gasteiger partial charge in [-0.05, 0) is 65.5 Å². The lowest BCUT2D eigenvalue weighted by Crippen LogP contribution is -2.51. The molecule has 3 heterocycles. The van der Waals surface area contributed by atoms with Crippen molar-refractivity contribution in [1.29, 1.82) is 0 Å². The van der Waals surface area contributed by atoms with Crippen LogP contribution >= 0.6 is 0 Å². The summed E-state index contributed by atoms with van der Waals surface area (Å²) < 4.78 is 5.37. The van der Waals surface area contributed by atoms with Crippen molar-refractivity contribution >= 4 is 17.7 Å². The van der Waals surface area contributed by atoms with Gasteiger partial charge in [0.05, 0.1) is 0 Å². The van der Waals surface area contributed by atoms with Gasteiger partial charge in [0.15, 0.2) is 5.78 Å². The van der Waals surface area contributed by atoms with E-state index in [0.717, 1.165) is 31.5 Å². The molecule has 6 nitrogen and oxygen atoms in total. The largest absolute Gasteiger partial charge is 0.444 e. The second-order valence-corrected chi connectivity index (χ2v) is 8.07. The Labute approximate surface area is 148 Å². The number of carbonyl (C=O) groups is 2. The number of aromatic nitrogens is 1. The molecular weight excluding hydrogens is 318 g/mol. The van der Waals surface area contributed by atoms with Crippen molar-refractivity contribution in [2.75, 3.05) is 4.90 Å². The van der Waals surface area contributed by atoms with Gasteiger partial charge in [0, 0.05) is 29.9 Å². The summed E-state index contributed by atoms with van der Waals surface area (Å²) in [5.41, 5.74) is 0.157. The van der Waals surface area contributed by atoms with Gasteiger partial charge in [-0.3, -0.25) is 4.79 Å². The molecular formula is C19H27N3O3. The normalized spacial score (nSPS) is 25.6. The molecule has 0 aliphatic carbocycles. The van der Waals surface area contributed by atoms with Crippen molar-refractivity contribution in [3.63, 3.8) is 0 Å². The number of fused-ring (bicyclic) bond motifs is 2. The molecule has 1 amide bonds. The zero-order chi connectivity index (χ0) is 18.2. The Kier molecular flexibility index (Phi) is 4.71. The fourth-order valence-electron chi connectivity index (χ4n) is 3.89. The molecule has 1 aromatic heterocycles. The third-order valence-corrected chi connectivity index (χ3v) is 4.87. The first kappa shape index (κ1) is 17.7. The first-order valence-corrected chi connectivity index (χ1v) is 8.98. The number of Topliss-reactive ketones (excluding diaryl/α,β-unsaturated/α-hetero) is 1. The maximum atomic E-state index is 12.0. The van der Waals surface area contributed by atoms with Crippen LogP contribution in [-0.4, -0.2) is 40.6 Å². The van der Waals surface area contributed by atoms with Crippen molar-refractivity contribution in [2.24, 2.45) is 0 Å². The van der Waals surface area contributed by atoms with Gasteiger partial charge in [0.2, 0.25) is 0 Å². The Hall–Kier alpha value is -2.11. The zero-order valence-electron chi connectivity index (χ0n) is 15.4. The van der Waals surface area contributed by atoms with Gasteiger partial charge in [0.25, 0.3) is 0 Å². The van der Waals surface area contributed by atoms with E-state index in [-0.39, 0.29) is 17.9 Å². The van der Waals surface area contributed by atoms with Crippen LogP contribution in [0.3, 0.4) is 0 Å². The summed E-state index contributed by atoms with van der Waals surface area (Å²) in [6.45, 7) is 7.16. The smallest absolute Gasteiger partial charge is 0.407 e. The molecule has 1 N–H and O–H groups in total. The van der Waals surface area contributed by atoms with Gasteiger partial charge in [-0.2, -0.15) is 0 Å². The second-order valence-electron chi connectivity index (χ2n) is 8.07. The highest BCUT2D eigenvalue weighted by Gasteiger charge is 2.42. The third-order valence-electron chi connectivity index (χ3n) is 4.87. The number of nitrogens with one attached hydrogen (secondary N) is 1. The zero-order valence-corrected chi connectivity index (χ0v) is 15.4. The number of alkyl carbamates (subject to hydrolysis) is 1. The molecule has 0 aromatic carbocycles. The van der Waals surface area contributed by atoms with E-state index in [2.05, 4.69) is 15.2 Å². The Morgan fingerprint density at radius 3 is 2.32 bits per heavy atom. The lowest BCUT2D eigenvalue weighted by molar-refractivity contribution is 0.0492. The number of ketones is 1. The summed E-state index contributed by atoms with van der Waals surface area (Å²) >= 11 is 0. The average Bonchev–Trinajstić information content (AvgIpc) is 2.76. The fraction of sp³-hybridized carbons (Fsp3) is 0.632. The van der Waals surface area contributed by atoms with Crippen LogP contribution in [0.5, 0.6) is 0 Å². The van der Waals surface area contributed by atoms with Gasteiger partial charge in [-0.1, -0.05) is 0 Å². The van der Waals surface area contributed by atoms with Crippen LogP contribution in [0.1, 0.15) is 63.7 Å². The number of ether oxygens (including phenoxy) is 1. The molecule has 2 aliphatic rings. The molecule has 2 saturated heterocycles. The van der Waals surface area contributed by atoms with Crippen molar-refractivity contribution < 1.29 is 14.3 Å². The number of carbonyl (C=O) groups excluding carboxylic acids is 2. The number of anilines is 1. The first-order chi connectivity index (χ1) is 11.7. The molecule has 1 aromatic rings. The molecule has 25 heavy (non-hydrogen) atoms. The number of hydrogen-bond donors (Lipinski definition) is 1.